The van der Waals surface area contributed by atoms with Gasteiger partial charge in [0.05, 0.1) is 17.8 Å². The van der Waals surface area contributed by atoms with Crippen LogP contribution in [0.25, 0.3) is 11.3 Å². The lowest BCUT2D eigenvalue weighted by molar-refractivity contribution is -0.121. The standard InChI is InChI=1S/C18H17ClN2O2S/c1-12-8-9-24-16(12)11-20-17(22)6-7-18-21-10-15(23-18)13-4-2-3-5-14(13)19/h2-5,8-10H,6-7,11H2,1H3,(H,20,22). The molecule has 0 spiro atoms. The summed E-state index contributed by atoms with van der Waals surface area (Å²) in [6.07, 6.45) is 2.44. The van der Waals surface area contributed by atoms with E-state index in [0.717, 1.165) is 5.56 Å². The maximum absolute atomic E-state index is 12.0. The zero-order chi connectivity index (χ0) is 16.9. The van der Waals surface area contributed by atoms with Crippen LogP contribution >= 0.6 is 22.9 Å². The van der Waals surface area contributed by atoms with Crippen LogP contribution < -0.4 is 5.32 Å². The van der Waals surface area contributed by atoms with Gasteiger partial charge in [-0.15, -0.1) is 11.3 Å². The molecule has 0 atom stereocenters. The minimum atomic E-state index is -0.0136. The van der Waals surface area contributed by atoms with E-state index < -0.39 is 0 Å². The van der Waals surface area contributed by atoms with Crippen molar-refractivity contribution in [3.05, 3.63) is 63.3 Å². The van der Waals surface area contributed by atoms with Crippen molar-refractivity contribution in [1.29, 1.82) is 0 Å². The number of nitrogens with zero attached hydrogens (tertiary/aromatic N) is 1. The van der Waals surface area contributed by atoms with Crippen LogP contribution in [0.4, 0.5) is 0 Å². The van der Waals surface area contributed by atoms with Gasteiger partial charge >= 0.3 is 0 Å². The number of halogens is 1. The Morgan fingerprint density at radius 1 is 1.33 bits per heavy atom. The normalized spacial score (nSPS) is 10.8. The van der Waals surface area contributed by atoms with Gasteiger partial charge in [0.2, 0.25) is 5.91 Å². The highest BCUT2D eigenvalue weighted by Gasteiger charge is 2.11. The quantitative estimate of drug-likeness (QED) is 0.698. The topological polar surface area (TPSA) is 55.1 Å². The molecule has 2 aromatic heterocycles. The number of carbonyl (C=O) groups excluding carboxylic acids is 1. The van der Waals surface area contributed by atoms with E-state index in [0.29, 0.717) is 36.1 Å². The maximum atomic E-state index is 12.0. The highest BCUT2D eigenvalue weighted by atomic mass is 35.5. The summed E-state index contributed by atoms with van der Waals surface area (Å²) in [4.78, 5) is 17.4. The van der Waals surface area contributed by atoms with Crippen molar-refractivity contribution in [2.45, 2.75) is 26.3 Å². The second kappa shape index (κ2) is 7.64. The number of benzene rings is 1. The number of oxazole rings is 1. The second-order valence-corrected chi connectivity index (χ2v) is 6.81. The Labute approximate surface area is 149 Å². The predicted molar refractivity (Wildman–Crippen MR) is 96.2 cm³/mol. The molecule has 1 aromatic carbocycles. The zero-order valence-electron chi connectivity index (χ0n) is 13.2. The van der Waals surface area contributed by atoms with Crippen molar-refractivity contribution in [2.75, 3.05) is 0 Å². The summed E-state index contributed by atoms with van der Waals surface area (Å²) in [5, 5.41) is 5.57. The van der Waals surface area contributed by atoms with Crippen LogP contribution in [0.2, 0.25) is 5.02 Å². The van der Waals surface area contributed by atoms with Gasteiger partial charge in [0.25, 0.3) is 0 Å². The minimum Gasteiger partial charge on any atom is -0.441 e. The first kappa shape index (κ1) is 16.7. The lowest BCUT2D eigenvalue weighted by atomic mass is 10.2. The van der Waals surface area contributed by atoms with Gasteiger partial charge in [-0.1, -0.05) is 23.7 Å². The molecule has 6 heteroatoms. The van der Waals surface area contributed by atoms with Gasteiger partial charge in [-0.05, 0) is 36.1 Å². The third-order valence-corrected chi connectivity index (χ3v) is 5.03. The molecule has 2 heterocycles. The first-order valence-electron chi connectivity index (χ1n) is 7.63. The fourth-order valence-corrected chi connectivity index (χ4v) is 3.36. The minimum absolute atomic E-state index is 0.0136. The molecule has 1 amide bonds. The molecule has 0 saturated carbocycles. The zero-order valence-corrected chi connectivity index (χ0v) is 14.8. The highest BCUT2D eigenvalue weighted by molar-refractivity contribution is 7.10. The Balaban J connectivity index is 1.53. The van der Waals surface area contributed by atoms with Crippen LogP contribution in [0.1, 0.15) is 22.8 Å². The molecule has 0 aliphatic rings. The molecule has 0 radical (unpaired) electrons. The molecule has 0 aliphatic heterocycles. The Morgan fingerprint density at radius 2 is 2.17 bits per heavy atom. The fourth-order valence-electron chi connectivity index (χ4n) is 2.28. The van der Waals surface area contributed by atoms with E-state index >= 15 is 0 Å². The number of amides is 1. The van der Waals surface area contributed by atoms with Crippen LogP contribution in [-0.4, -0.2) is 10.9 Å². The smallest absolute Gasteiger partial charge is 0.220 e. The average Bonchev–Trinajstić information content (AvgIpc) is 3.20. The van der Waals surface area contributed by atoms with Gasteiger partial charge in [-0.2, -0.15) is 0 Å². The number of carbonyl (C=O) groups is 1. The summed E-state index contributed by atoms with van der Waals surface area (Å²) in [7, 11) is 0. The molecule has 4 nitrogen and oxygen atoms in total. The van der Waals surface area contributed by atoms with Crippen LogP contribution in [0.5, 0.6) is 0 Å². The number of aromatic nitrogens is 1. The molecule has 0 unspecified atom stereocenters. The summed E-state index contributed by atoms with van der Waals surface area (Å²) in [5.74, 6) is 1.14. The first-order valence-corrected chi connectivity index (χ1v) is 8.88. The molecule has 3 rings (SSSR count). The molecule has 0 bridgehead atoms. The molecular weight excluding hydrogens is 344 g/mol. The van der Waals surface area contributed by atoms with E-state index in [1.54, 1.807) is 23.6 Å². The van der Waals surface area contributed by atoms with Crippen molar-refractivity contribution in [2.24, 2.45) is 0 Å². The number of hydrogen-bond donors (Lipinski definition) is 1. The molecule has 3 aromatic rings. The van der Waals surface area contributed by atoms with Crippen LogP contribution in [0.3, 0.4) is 0 Å². The van der Waals surface area contributed by atoms with E-state index in [1.807, 2.05) is 30.5 Å². The first-order chi connectivity index (χ1) is 11.6. The lowest BCUT2D eigenvalue weighted by Crippen LogP contribution is -2.22. The molecule has 24 heavy (non-hydrogen) atoms. The van der Waals surface area contributed by atoms with E-state index in [4.69, 9.17) is 16.0 Å². The van der Waals surface area contributed by atoms with Crippen molar-refractivity contribution in [3.63, 3.8) is 0 Å². The largest absolute Gasteiger partial charge is 0.441 e. The monoisotopic (exact) mass is 360 g/mol. The number of aryl methyl sites for hydroxylation is 2. The SMILES string of the molecule is Cc1ccsc1CNC(=O)CCc1ncc(-c2ccccc2Cl)o1. The third-order valence-electron chi connectivity index (χ3n) is 3.67. The van der Waals surface area contributed by atoms with Gasteiger partial charge in [0.15, 0.2) is 11.7 Å². The summed E-state index contributed by atoms with van der Waals surface area (Å²) < 4.78 is 5.70. The van der Waals surface area contributed by atoms with E-state index in [-0.39, 0.29) is 5.91 Å². The van der Waals surface area contributed by atoms with Crippen molar-refractivity contribution < 1.29 is 9.21 Å². The van der Waals surface area contributed by atoms with Gasteiger partial charge < -0.3 is 9.73 Å². The van der Waals surface area contributed by atoms with E-state index in [1.165, 1.54) is 10.4 Å². The molecule has 0 fully saturated rings. The van der Waals surface area contributed by atoms with Gasteiger partial charge in [-0.25, -0.2) is 4.98 Å². The molecule has 0 saturated heterocycles. The summed E-state index contributed by atoms with van der Waals surface area (Å²) in [5.41, 5.74) is 2.01. The van der Waals surface area contributed by atoms with Gasteiger partial charge in [0, 0.05) is 23.3 Å². The van der Waals surface area contributed by atoms with E-state index in [9.17, 15) is 4.79 Å². The Bertz CT molecular complexity index is 841. The maximum Gasteiger partial charge on any atom is 0.220 e. The van der Waals surface area contributed by atoms with Crippen molar-refractivity contribution >= 4 is 28.8 Å². The van der Waals surface area contributed by atoms with E-state index in [2.05, 4.69) is 16.4 Å². The number of thiophene rings is 1. The Kier molecular flexibility index (Phi) is 5.33. The molecule has 1 N–H and O–H groups in total. The van der Waals surface area contributed by atoms with Gasteiger partial charge in [0.1, 0.15) is 0 Å². The summed E-state index contributed by atoms with van der Waals surface area (Å²) in [6, 6.07) is 9.49. The Morgan fingerprint density at radius 3 is 2.92 bits per heavy atom. The number of hydrogen-bond acceptors (Lipinski definition) is 4. The van der Waals surface area contributed by atoms with Crippen molar-refractivity contribution in [3.8, 4) is 11.3 Å². The van der Waals surface area contributed by atoms with Crippen LogP contribution in [0.15, 0.2) is 46.3 Å². The molecule has 0 aliphatic carbocycles. The third kappa shape index (κ3) is 4.04. The fraction of sp³-hybridized carbons (Fsp3) is 0.222. The highest BCUT2D eigenvalue weighted by Crippen LogP contribution is 2.28. The van der Waals surface area contributed by atoms with Crippen molar-refractivity contribution in [1.82, 2.24) is 10.3 Å². The van der Waals surface area contributed by atoms with Crippen LogP contribution in [-0.2, 0) is 17.8 Å². The number of nitrogens with one attached hydrogen (secondary N) is 1. The second-order valence-electron chi connectivity index (χ2n) is 5.40. The number of rotatable bonds is 6. The molecular formula is C18H17ClN2O2S. The average molecular weight is 361 g/mol. The van der Waals surface area contributed by atoms with Crippen LogP contribution in [0, 0.1) is 6.92 Å². The van der Waals surface area contributed by atoms with Gasteiger partial charge in [-0.3, -0.25) is 4.79 Å². The molecule has 124 valence electrons. The summed E-state index contributed by atoms with van der Waals surface area (Å²) in [6.45, 7) is 2.61. The predicted octanol–water partition coefficient (Wildman–Crippen LogP) is 4.61. The lowest BCUT2D eigenvalue weighted by Gasteiger charge is -2.03. The summed E-state index contributed by atoms with van der Waals surface area (Å²) >= 11 is 7.80. The Hall–Kier alpha value is -2.11.